The van der Waals surface area contributed by atoms with Gasteiger partial charge in [0.2, 0.25) is 0 Å². The Balaban J connectivity index is 1.41. The summed E-state index contributed by atoms with van der Waals surface area (Å²) < 4.78 is 1.98. The number of unbranched alkanes of at least 4 members (excludes halogenated alkanes) is 1. The Morgan fingerprint density at radius 2 is 2.04 bits per heavy atom. The van der Waals surface area contributed by atoms with Crippen molar-refractivity contribution in [3.05, 3.63) is 30.2 Å². The summed E-state index contributed by atoms with van der Waals surface area (Å²) in [5, 5.41) is 15.2. The van der Waals surface area contributed by atoms with Gasteiger partial charge in [-0.2, -0.15) is 0 Å². The molecular weight excluding hydrogens is 338 g/mol. The molecule has 0 atom stereocenters. The zero-order valence-electron chi connectivity index (χ0n) is 16.7. The molecule has 1 fully saturated rings. The third-order valence-corrected chi connectivity index (χ3v) is 5.18. The Hall–Kier alpha value is -2.15. The Bertz CT molecular complexity index is 716. The number of hydrogen-bond acceptors (Lipinski definition) is 4. The zero-order chi connectivity index (χ0) is 18.9. The summed E-state index contributed by atoms with van der Waals surface area (Å²) in [5.74, 6) is 2.60. The van der Waals surface area contributed by atoms with Crippen molar-refractivity contribution in [3.63, 3.8) is 0 Å². The van der Waals surface area contributed by atoms with Crippen LogP contribution in [0, 0.1) is 5.92 Å². The van der Waals surface area contributed by atoms with Crippen LogP contribution in [0.3, 0.4) is 0 Å². The molecule has 0 amide bonds. The van der Waals surface area contributed by atoms with Gasteiger partial charge in [-0.05, 0) is 70.3 Å². The largest absolute Gasteiger partial charge is 0.357 e. The van der Waals surface area contributed by atoms with E-state index in [0.717, 1.165) is 42.9 Å². The van der Waals surface area contributed by atoms with Crippen LogP contribution in [0.15, 0.2) is 29.4 Å². The normalized spacial score (nSPS) is 16.7. The molecule has 0 saturated carbocycles. The molecular formula is C20H33N7. The van der Waals surface area contributed by atoms with Crippen LogP contribution < -0.4 is 10.6 Å². The molecule has 0 unspecified atom stereocenters. The van der Waals surface area contributed by atoms with Crippen molar-refractivity contribution in [1.82, 2.24) is 30.1 Å². The molecule has 0 bridgehead atoms. The molecule has 148 valence electrons. The summed E-state index contributed by atoms with van der Waals surface area (Å²) in [4.78, 5) is 7.27. The molecule has 7 heteroatoms. The van der Waals surface area contributed by atoms with Gasteiger partial charge in [-0.1, -0.05) is 13.0 Å². The number of guanidine groups is 1. The fourth-order valence-corrected chi connectivity index (χ4v) is 3.44. The van der Waals surface area contributed by atoms with Gasteiger partial charge in [-0.15, -0.1) is 10.2 Å². The van der Waals surface area contributed by atoms with E-state index in [-0.39, 0.29) is 0 Å². The van der Waals surface area contributed by atoms with E-state index in [1.807, 2.05) is 28.8 Å². The predicted molar refractivity (Wildman–Crippen MR) is 110 cm³/mol. The Morgan fingerprint density at radius 3 is 2.85 bits per heavy atom. The summed E-state index contributed by atoms with van der Waals surface area (Å²) in [6.45, 7) is 10.5. The highest BCUT2D eigenvalue weighted by atomic mass is 15.3. The Labute approximate surface area is 162 Å². The number of piperidine rings is 1. The predicted octanol–water partition coefficient (Wildman–Crippen LogP) is 2.30. The SMILES string of the molecule is CCNC(=NCc1nnc2ccccn12)NCCCCN1CCC(C)CC1. The van der Waals surface area contributed by atoms with Crippen molar-refractivity contribution >= 4 is 11.6 Å². The van der Waals surface area contributed by atoms with E-state index in [1.54, 1.807) is 0 Å². The third-order valence-electron chi connectivity index (χ3n) is 5.18. The van der Waals surface area contributed by atoms with Crippen LogP contribution in [0.1, 0.15) is 45.4 Å². The summed E-state index contributed by atoms with van der Waals surface area (Å²) in [6.07, 6.45) is 7.07. The minimum atomic E-state index is 0.506. The van der Waals surface area contributed by atoms with E-state index < -0.39 is 0 Å². The van der Waals surface area contributed by atoms with Crippen LogP contribution in [0.4, 0.5) is 0 Å². The first-order valence-corrected chi connectivity index (χ1v) is 10.3. The highest BCUT2D eigenvalue weighted by Gasteiger charge is 2.14. The molecule has 3 heterocycles. The number of hydrogen-bond donors (Lipinski definition) is 2. The van der Waals surface area contributed by atoms with Crippen molar-refractivity contribution in [3.8, 4) is 0 Å². The molecule has 1 aliphatic heterocycles. The maximum Gasteiger partial charge on any atom is 0.191 e. The van der Waals surface area contributed by atoms with E-state index in [2.05, 4.69) is 44.6 Å². The average Bonchev–Trinajstić information content (AvgIpc) is 3.10. The van der Waals surface area contributed by atoms with Crippen LogP contribution in [-0.4, -0.2) is 58.2 Å². The van der Waals surface area contributed by atoms with E-state index >= 15 is 0 Å². The first-order valence-electron chi connectivity index (χ1n) is 10.3. The maximum atomic E-state index is 4.66. The van der Waals surface area contributed by atoms with Gasteiger partial charge in [-0.25, -0.2) is 4.99 Å². The van der Waals surface area contributed by atoms with Gasteiger partial charge in [0.1, 0.15) is 6.54 Å². The fourth-order valence-electron chi connectivity index (χ4n) is 3.44. The molecule has 7 nitrogen and oxygen atoms in total. The summed E-state index contributed by atoms with van der Waals surface area (Å²) >= 11 is 0. The van der Waals surface area contributed by atoms with Gasteiger partial charge in [0.05, 0.1) is 0 Å². The molecule has 0 spiro atoms. The number of aromatic nitrogens is 3. The van der Waals surface area contributed by atoms with Crippen LogP contribution >= 0.6 is 0 Å². The molecule has 2 N–H and O–H groups in total. The second-order valence-corrected chi connectivity index (χ2v) is 7.40. The monoisotopic (exact) mass is 371 g/mol. The summed E-state index contributed by atoms with van der Waals surface area (Å²) in [5.41, 5.74) is 0.854. The van der Waals surface area contributed by atoms with Crippen molar-refractivity contribution in [2.24, 2.45) is 10.9 Å². The Morgan fingerprint density at radius 1 is 1.19 bits per heavy atom. The van der Waals surface area contributed by atoms with Crippen molar-refractivity contribution < 1.29 is 0 Å². The van der Waals surface area contributed by atoms with Crippen LogP contribution in [-0.2, 0) is 6.54 Å². The van der Waals surface area contributed by atoms with Gasteiger partial charge in [0.25, 0.3) is 0 Å². The molecule has 3 rings (SSSR count). The number of aliphatic imine (C=N–C) groups is 1. The van der Waals surface area contributed by atoms with E-state index in [1.165, 1.54) is 38.9 Å². The number of pyridine rings is 1. The molecule has 1 saturated heterocycles. The van der Waals surface area contributed by atoms with Crippen molar-refractivity contribution in [2.75, 3.05) is 32.7 Å². The highest BCUT2D eigenvalue weighted by molar-refractivity contribution is 5.79. The molecule has 2 aromatic heterocycles. The average molecular weight is 372 g/mol. The lowest BCUT2D eigenvalue weighted by Crippen LogP contribution is -2.38. The number of fused-ring (bicyclic) bond motifs is 1. The molecule has 2 aromatic rings. The van der Waals surface area contributed by atoms with Crippen LogP contribution in [0.2, 0.25) is 0 Å². The van der Waals surface area contributed by atoms with E-state index in [4.69, 9.17) is 0 Å². The van der Waals surface area contributed by atoms with Crippen LogP contribution in [0.25, 0.3) is 5.65 Å². The zero-order valence-corrected chi connectivity index (χ0v) is 16.7. The minimum absolute atomic E-state index is 0.506. The fraction of sp³-hybridized carbons (Fsp3) is 0.650. The number of likely N-dealkylation sites (tertiary alicyclic amines) is 1. The summed E-state index contributed by atoms with van der Waals surface area (Å²) in [7, 11) is 0. The van der Waals surface area contributed by atoms with Gasteiger partial charge in [0.15, 0.2) is 17.4 Å². The van der Waals surface area contributed by atoms with Crippen molar-refractivity contribution in [2.45, 2.75) is 46.1 Å². The molecule has 0 aliphatic carbocycles. The van der Waals surface area contributed by atoms with Gasteiger partial charge in [0, 0.05) is 19.3 Å². The first kappa shape index (κ1) is 19.6. The lowest BCUT2D eigenvalue weighted by atomic mass is 9.99. The molecule has 1 aliphatic rings. The number of nitrogens with one attached hydrogen (secondary N) is 2. The highest BCUT2D eigenvalue weighted by Crippen LogP contribution is 2.16. The third kappa shape index (κ3) is 5.92. The van der Waals surface area contributed by atoms with E-state index in [9.17, 15) is 0 Å². The lowest BCUT2D eigenvalue weighted by molar-refractivity contribution is 0.189. The molecule has 0 radical (unpaired) electrons. The number of nitrogens with zero attached hydrogens (tertiary/aromatic N) is 5. The smallest absolute Gasteiger partial charge is 0.191 e. The maximum absolute atomic E-state index is 4.66. The Kier molecular flexibility index (Phi) is 7.45. The topological polar surface area (TPSA) is 69.8 Å². The molecule has 27 heavy (non-hydrogen) atoms. The second-order valence-electron chi connectivity index (χ2n) is 7.40. The van der Waals surface area contributed by atoms with Gasteiger partial charge >= 0.3 is 0 Å². The first-order chi connectivity index (χ1) is 13.3. The lowest BCUT2D eigenvalue weighted by Gasteiger charge is -2.30. The second kappa shape index (κ2) is 10.3. The minimum Gasteiger partial charge on any atom is -0.357 e. The standard InChI is InChI=1S/C20H33N7/c1-3-21-20(22-11-5-7-12-26-14-9-17(2)10-15-26)23-16-19-25-24-18-8-4-6-13-27(18)19/h4,6,8,13,17H,3,5,7,9-12,14-16H2,1-2H3,(H2,21,22,23). The number of rotatable bonds is 8. The molecule has 0 aromatic carbocycles. The summed E-state index contributed by atoms with van der Waals surface area (Å²) in [6, 6.07) is 5.90. The van der Waals surface area contributed by atoms with Crippen molar-refractivity contribution in [1.29, 1.82) is 0 Å². The van der Waals surface area contributed by atoms with E-state index in [0.29, 0.717) is 6.54 Å². The van der Waals surface area contributed by atoms with Gasteiger partial charge < -0.3 is 15.5 Å². The quantitative estimate of drug-likeness (QED) is 0.423. The van der Waals surface area contributed by atoms with Gasteiger partial charge in [-0.3, -0.25) is 4.40 Å². The van der Waals surface area contributed by atoms with Crippen LogP contribution in [0.5, 0.6) is 0 Å².